The van der Waals surface area contributed by atoms with Gasteiger partial charge in [0.25, 0.3) is 0 Å². The number of rotatable bonds is 5. The molecule has 1 aromatic heterocycles. The molecule has 5 nitrogen and oxygen atoms in total. The lowest BCUT2D eigenvalue weighted by Crippen LogP contribution is -2.42. The molecule has 0 bridgehead atoms. The summed E-state index contributed by atoms with van der Waals surface area (Å²) in [6, 6.07) is 9.36. The quantitative estimate of drug-likeness (QED) is 0.774. The number of amides is 1. The number of nitrogens with two attached hydrogens (primary N) is 1. The minimum Gasteiger partial charge on any atom is -0.508 e. The van der Waals surface area contributed by atoms with Crippen LogP contribution in [-0.2, 0) is 11.2 Å². The first-order chi connectivity index (χ1) is 9.56. The summed E-state index contributed by atoms with van der Waals surface area (Å²) in [6.45, 7) is 1.84. The van der Waals surface area contributed by atoms with Crippen LogP contribution in [0.3, 0.4) is 0 Å². The van der Waals surface area contributed by atoms with E-state index in [2.05, 4.69) is 5.32 Å². The number of phenolic OH excluding ortho intramolecular Hbond substituents is 1. The molecule has 1 aromatic carbocycles. The van der Waals surface area contributed by atoms with Crippen molar-refractivity contribution in [1.82, 2.24) is 5.32 Å². The number of carbonyl (C=O) groups excluding carboxylic acids is 1. The number of hydrogen-bond acceptors (Lipinski definition) is 4. The summed E-state index contributed by atoms with van der Waals surface area (Å²) in [6.07, 6.45) is 1.98. The predicted octanol–water partition coefficient (Wildman–Crippen LogP) is 1.73. The maximum Gasteiger partial charge on any atom is 0.237 e. The van der Waals surface area contributed by atoms with Crippen molar-refractivity contribution in [2.45, 2.75) is 25.4 Å². The van der Waals surface area contributed by atoms with Crippen LogP contribution in [0.2, 0.25) is 0 Å². The van der Waals surface area contributed by atoms with Gasteiger partial charge in [0, 0.05) is 0 Å². The number of phenols is 1. The lowest BCUT2D eigenvalue weighted by Gasteiger charge is -2.16. The fourth-order valence-corrected chi connectivity index (χ4v) is 1.91. The third-order valence-electron chi connectivity index (χ3n) is 3.06. The molecule has 0 aliphatic rings. The van der Waals surface area contributed by atoms with Gasteiger partial charge in [0.05, 0.1) is 18.3 Å². The highest BCUT2D eigenvalue weighted by Crippen LogP contribution is 2.13. The van der Waals surface area contributed by atoms with Crippen LogP contribution in [0.25, 0.3) is 0 Å². The Balaban J connectivity index is 1.90. The van der Waals surface area contributed by atoms with Gasteiger partial charge in [-0.05, 0) is 43.2 Å². The van der Waals surface area contributed by atoms with E-state index in [0.29, 0.717) is 12.2 Å². The van der Waals surface area contributed by atoms with Crippen LogP contribution < -0.4 is 11.1 Å². The molecular weight excluding hydrogens is 256 g/mol. The van der Waals surface area contributed by atoms with Crippen LogP contribution in [0.5, 0.6) is 5.75 Å². The first kappa shape index (κ1) is 14.1. The Morgan fingerprint density at radius 1 is 1.35 bits per heavy atom. The van der Waals surface area contributed by atoms with Crippen molar-refractivity contribution >= 4 is 5.91 Å². The zero-order valence-corrected chi connectivity index (χ0v) is 11.2. The van der Waals surface area contributed by atoms with Gasteiger partial charge in [-0.25, -0.2) is 0 Å². The summed E-state index contributed by atoms with van der Waals surface area (Å²) in [5.74, 6) is 0.648. The largest absolute Gasteiger partial charge is 0.508 e. The average molecular weight is 274 g/mol. The van der Waals surface area contributed by atoms with Crippen LogP contribution in [0.4, 0.5) is 0 Å². The zero-order chi connectivity index (χ0) is 14.5. The number of furan rings is 1. The zero-order valence-electron chi connectivity index (χ0n) is 11.2. The molecule has 0 aliphatic carbocycles. The summed E-state index contributed by atoms with van der Waals surface area (Å²) in [7, 11) is 0. The third kappa shape index (κ3) is 3.61. The van der Waals surface area contributed by atoms with E-state index in [4.69, 9.17) is 10.2 Å². The first-order valence-corrected chi connectivity index (χ1v) is 6.43. The lowest BCUT2D eigenvalue weighted by molar-refractivity contribution is -0.123. The maximum absolute atomic E-state index is 12.0. The monoisotopic (exact) mass is 274 g/mol. The molecule has 4 N–H and O–H groups in total. The van der Waals surface area contributed by atoms with Crippen LogP contribution in [0, 0.1) is 0 Å². The second-order valence-corrected chi connectivity index (χ2v) is 4.72. The van der Waals surface area contributed by atoms with Gasteiger partial charge in [0.15, 0.2) is 0 Å². The van der Waals surface area contributed by atoms with Gasteiger partial charge in [-0.15, -0.1) is 0 Å². The second kappa shape index (κ2) is 6.25. The summed E-state index contributed by atoms with van der Waals surface area (Å²) in [5, 5.41) is 12.0. The molecule has 0 saturated heterocycles. The van der Waals surface area contributed by atoms with Crippen molar-refractivity contribution in [2.75, 3.05) is 0 Å². The van der Waals surface area contributed by atoms with Gasteiger partial charge >= 0.3 is 0 Å². The molecule has 20 heavy (non-hydrogen) atoms. The van der Waals surface area contributed by atoms with Gasteiger partial charge in [0.2, 0.25) is 5.91 Å². The summed E-state index contributed by atoms with van der Waals surface area (Å²) in [4.78, 5) is 12.0. The molecule has 2 unspecified atom stereocenters. The highest BCUT2D eigenvalue weighted by atomic mass is 16.3. The fraction of sp³-hybridized carbons (Fsp3) is 0.267. The smallest absolute Gasteiger partial charge is 0.237 e. The van der Waals surface area contributed by atoms with Crippen LogP contribution >= 0.6 is 0 Å². The van der Waals surface area contributed by atoms with Crippen molar-refractivity contribution in [3.05, 3.63) is 54.0 Å². The summed E-state index contributed by atoms with van der Waals surface area (Å²) < 4.78 is 5.22. The van der Waals surface area contributed by atoms with Crippen LogP contribution in [0.1, 0.15) is 24.3 Å². The number of benzene rings is 1. The molecule has 2 rings (SSSR count). The molecule has 0 saturated carbocycles. The van der Waals surface area contributed by atoms with Gasteiger partial charge in [-0.1, -0.05) is 12.1 Å². The SMILES string of the molecule is CC(NC(=O)C(N)Cc1ccc(O)cc1)c1ccco1. The highest BCUT2D eigenvalue weighted by Gasteiger charge is 2.18. The van der Waals surface area contributed by atoms with Gasteiger partial charge < -0.3 is 20.6 Å². The Morgan fingerprint density at radius 2 is 2.05 bits per heavy atom. The van der Waals surface area contributed by atoms with E-state index >= 15 is 0 Å². The molecule has 106 valence electrons. The molecule has 2 atom stereocenters. The summed E-state index contributed by atoms with van der Waals surface area (Å²) in [5.41, 5.74) is 6.78. The Hall–Kier alpha value is -2.27. The van der Waals surface area contributed by atoms with Crippen molar-refractivity contribution in [1.29, 1.82) is 0 Å². The van der Waals surface area contributed by atoms with Crippen molar-refractivity contribution in [3.8, 4) is 5.75 Å². The van der Waals surface area contributed by atoms with Gasteiger partial charge in [-0.3, -0.25) is 4.79 Å². The van der Waals surface area contributed by atoms with E-state index in [9.17, 15) is 9.90 Å². The molecule has 5 heteroatoms. The maximum atomic E-state index is 12.0. The van der Waals surface area contributed by atoms with Crippen LogP contribution in [0.15, 0.2) is 47.1 Å². The number of aromatic hydroxyl groups is 1. The second-order valence-electron chi connectivity index (χ2n) is 4.72. The number of nitrogens with one attached hydrogen (secondary N) is 1. The fourth-order valence-electron chi connectivity index (χ4n) is 1.91. The molecule has 2 aromatic rings. The van der Waals surface area contributed by atoms with Crippen molar-refractivity contribution in [3.63, 3.8) is 0 Å². The standard InChI is InChI=1S/C15H18N2O3/c1-10(14-3-2-8-20-14)17-15(19)13(16)9-11-4-6-12(18)7-5-11/h2-8,10,13,18H,9,16H2,1H3,(H,17,19). The first-order valence-electron chi connectivity index (χ1n) is 6.43. The minimum absolute atomic E-state index is 0.193. The van der Waals surface area contributed by atoms with Gasteiger partial charge in [0.1, 0.15) is 11.5 Å². The Labute approximate surface area is 117 Å². The normalized spacial score (nSPS) is 13.7. The molecule has 0 radical (unpaired) electrons. The molecule has 0 fully saturated rings. The van der Waals surface area contributed by atoms with E-state index in [1.54, 1.807) is 42.7 Å². The molecule has 1 heterocycles. The Kier molecular flexibility index (Phi) is 4.42. The molecular formula is C15H18N2O3. The van der Waals surface area contributed by atoms with E-state index < -0.39 is 6.04 Å². The van der Waals surface area contributed by atoms with E-state index in [1.807, 2.05) is 6.92 Å². The number of carbonyl (C=O) groups is 1. The van der Waals surface area contributed by atoms with E-state index in [1.165, 1.54) is 0 Å². The average Bonchev–Trinajstić information content (AvgIpc) is 2.95. The van der Waals surface area contributed by atoms with Crippen LogP contribution in [-0.4, -0.2) is 17.1 Å². The molecule has 0 spiro atoms. The topological polar surface area (TPSA) is 88.5 Å². The highest BCUT2D eigenvalue weighted by molar-refractivity contribution is 5.82. The molecule has 0 aliphatic heterocycles. The lowest BCUT2D eigenvalue weighted by atomic mass is 10.1. The van der Waals surface area contributed by atoms with Gasteiger partial charge in [-0.2, -0.15) is 0 Å². The third-order valence-corrected chi connectivity index (χ3v) is 3.06. The molecule has 1 amide bonds. The van der Waals surface area contributed by atoms with Crippen molar-refractivity contribution < 1.29 is 14.3 Å². The predicted molar refractivity (Wildman–Crippen MR) is 75.1 cm³/mol. The Bertz CT molecular complexity index is 549. The Morgan fingerprint density at radius 3 is 2.65 bits per heavy atom. The van der Waals surface area contributed by atoms with E-state index in [-0.39, 0.29) is 17.7 Å². The number of hydrogen-bond donors (Lipinski definition) is 3. The van der Waals surface area contributed by atoms with Crippen molar-refractivity contribution in [2.24, 2.45) is 5.73 Å². The summed E-state index contributed by atoms with van der Waals surface area (Å²) >= 11 is 0. The van der Waals surface area contributed by atoms with E-state index in [0.717, 1.165) is 5.56 Å². The minimum atomic E-state index is -0.642.